The fourth-order valence-electron chi connectivity index (χ4n) is 1.38. The van der Waals surface area contributed by atoms with Crippen LogP contribution in [0.15, 0.2) is 0 Å². The summed E-state index contributed by atoms with van der Waals surface area (Å²) in [4.78, 5) is 0. The van der Waals surface area contributed by atoms with E-state index in [1.54, 1.807) is 0 Å². The molecule has 0 aromatic rings. The molecule has 0 saturated carbocycles. The van der Waals surface area contributed by atoms with E-state index in [2.05, 4.69) is 20.8 Å². The maximum Gasteiger partial charge on any atom is -0.0420 e. The number of hydrogen-bond donors (Lipinski definition) is 0. The fourth-order valence-corrected chi connectivity index (χ4v) is 1.38. The van der Waals surface area contributed by atoms with Gasteiger partial charge >= 0.3 is 0 Å². The van der Waals surface area contributed by atoms with Crippen LogP contribution in [0.3, 0.4) is 0 Å². The summed E-state index contributed by atoms with van der Waals surface area (Å²) in [5, 5.41) is 0. The first-order valence-electron chi connectivity index (χ1n) is 6.85. The molecule has 0 bridgehead atoms. The predicted octanol–water partition coefficient (Wildman–Crippen LogP) is 6.06. The van der Waals surface area contributed by atoms with Crippen molar-refractivity contribution in [2.24, 2.45) is 5.92 Å². The van der Waals surface area contributed by atoms with Gasteiger partial charge in [0.2, 0.25) is 0 Å². The summed E-state index contributed by atoms with van der Waals surface area (Å²) in [6.45, 7) is 14.9. The van der Waals surface area contributed by atoms with E-state index in [4.69, 9.17) is 0 Å². The maximum absolute atomic E-state index is 2.31. The molecule has 0 aliphatic heterocycles. The zero-order chi connectivity index (χ0) is 11.8. The summed E-state index contributed by atoms with van der Waals surface area (Å²) in [6, 6.07) is 0. The van der Waals surface area contributed by atoms with Crippen LogP contribution in [-0.4, -0.2) is 0 Å². The van der Waals surface area contributed by atoms with Gasteiger partial charge in [-0.3, -0.25) is 0 Å². The quantitative estimate of drug-likeness (QED) is 0.460. The van der Waals surface area contributed by atoms with Gasteiger partial charge in [0.1, 0.15) is 0 Å². The van der Waals surface area contributed by atoms with Gasteiger partial charge in [-0.1, -0.05) is 87.0 Å². The molecule has 0 nitrogen and oxygen atoms in total. The van der Waals surface area contributed by atoms with Crippen molar-refractivity contribution in [1.29, 1.82) is 0 Å². The van der Waals surface area contributed by atoms with Gasteiger partial charge in [0.05, 0.1) is 0 Å². The molecule has 0 aliphatic rings. The Morgan fingerprint density at radius 2 is 1.14 bits per heavy atom. The van der Waals surface area contributed by atoms with Crippen LogP contribution in [0.4, 0.5) is 0 Å². The van der Waals surface area contributed by atoms with Gasteiger partial charge in [0.15, 0.2) is 0 Å². The van der Waals surface area contributed by atoms with Crippen LogP contribution in [-0.2, 0) is 0 Å². The molecule has 0 heterocycles. The van der Waals surface area contributed by atoms with E-state index in [0.717, 1.165) is 5.92 Å². The van der Waals surface area contributed by atoms with Crippen LogP contribution in [0, 0.1) is 5.92 Å². The smallest absolute Gasteiger partial charge is 0.0420 e. The van der Waals surface area contributed by atoms with E-state index in [9.17, 15) is 0 Å². The van der Waals surface area contributed by atoms with Crippen LogP contribution >= 0.6 is 0 Å². The monoisotopic (exact) mass is 202 g/mol. The van der Waals surface area contributed by atoms with Crippen LogP contribution < -0.4 is 0 Å². The van der Waals surface area contributed by atoms with Crippen LogP contribution in [0.25, 0.3) is 0 Å². The summed E-state index contributed by atoms with van der Waals surface area (Å²) < 4.78 is 0. The fraction of sp³-hybridized carbons (Fsp3) is 1.00. The molecule has 0 rings (SSSR count). The Morgan fingerprint density at radius 3 is 1.43 bits per heavy atom. The highest BCUT2D eigenvalue weighted by molar-refractivity contribution is 4.54. The molecule has 0 heteroatoms. The molecule has 0 aliphatic carbocycles. The molecule has 90 valence electrons. The summed E-state index contributed by atoms with van der Waals surface area (Å²) in [5.74, 6) is 1.01. The van der Waals surface area contributed by atoms with Gasteiger partial charge in [0.25, 0.3) is 0 Å². The van der Waals surface area contributed by atoms with E-state index >= 15 is 0 Å². The molecule has 14 heavy (non-hydrogen) atoms. The first-order chi connectivity index (χ1) is 6.85. The average Bonchev–Trinajstić information content (AvgIpc) is 2.30. The normalized spacial score (nSPS) is 8.57. The van der Waals surface area contributed by atoms with Gasteiger partial charge in [-0.2, -0.15) is 0 Å². The van der Waals surface area contributed by atoms with Crippen molar-refractivity contribution >= 4 is 0 Å². The van der Waals surface area contributed by atoms with Gasteiger partial charge < -0.3 is 0 Å². The Hall–Kier alpha value is 0. The molecule has 0 unspecified atom stereocenters. The lowest BCUT2D eigenvalue weighted by Gasteiger charge is -2.10. The lowest BCUT2D eigenvalue weighted by Crippen LogP contribution is -1.95. The second kappa shape index (κ2) is 23.1. The third-order valence-electron chi connectivity index (χ3n) is 2.37. The van der Waals surface area contributed by atoms with Crippen LogP contribution in [0.2, 0.25) is 0 Å². The van der Waals surface area contributed by atoms with Crippen molar-refractivity contribution in [1.82, 2.24) is 0 Å². The lowest BCUT2D eigenvalue weighted by molar-refractivity contribution is 0.432. The minimum Gasteiger partial charge on any atom is -0.0683 e. The summed E-state index contributed by atoms with van der Waals surface area (Å²) in [6.07, 6.45) is 8.45. The zero-order valence-corrected chi connectivity index (χ0v) is 11.8. The number of unbranched alkanes of at least 4 members (excludes halogenated alkanes) is 2. The SMILES string of the molecule is CC.CC.CCCCCC(CC)CC. The molecular weight excluding hydrogens is 168 g/mol. The molecule has 0 aromatic carbocycles. The Bertz CT molecular complexity index is 53.1. The Balaban J connectivity index is -0.000000266. The predicted molar refractivity (Wildman–Crippen MR) is 70.9 cm³/mol. The zero-order valence-electron chi connectivity index (χ0n) is 11.8. The van der Waals surface area contributed by atoms with Crippen molar-refractivity contribution < 1.29 is 0 Å². The summed E-state index contributed by atoms with van der Waals surface area (Å²) in [7, 11) is 0. The van der Waals surface area contributed by atoms with E-state index < -0.39 is 0 Å². The van der Waals surface area contributed by atoms with Gasteiger partial charge in [-0.25, -0.2) is 0 Å². The highest BCUT2D eigenvalue weighted by Crippen LogP contribution is 2.16. The number of hydrogen-bond acceptors (Lipinski definition) is 0. The first kappa shape index (κ1) is 19.6. The van der Waals surface area contributed by atoms with Gasteiger partial charge in [-0.05, 0) is 5.92 Å². The molecule has 0 saturated heterocycles. The van der Waals surface area contributed by atoms with Crippen molar-refractivity contribution in [2.75, 3.05) is 0 Å². The van der Waals surface area contributed by atoms with Crippen molar-refractivity contribution in [2.45, 2.75) is 87.0 Å². The van der Waals surface area contributed by atoms with E-state index in [1.165, 1.54) is 38.5 Å². The third-order valence-corrected chi connectivity index (χ3v) is 2.37. The molecule has 0 fully saturated rings. The first-order valence-corrected chi connectivity index (χ1v) is 6.85. The van der Waals surface area contributed by atoms with Crippen molar-refractivity contribution in [3.8, 4) is 0 Å². The lowest BCUT2D eigenvalue weighted by atomic mass is 9.96. The molecule has 0 N–H and O–H groups in total. The average molecular weight is 202 g/mol. The van der Waals surface area contributed by atoms with Crippen molar-refractivity contribution in [3.63, 3.8) is 0 Å². The summed E-state index contributed by atoms with van der Waals surface area (Å²) in [5.41, 5.74) is 0. The van der Waals surface area contributed by atoms with Gasteiger partial charge in [0, 0.05) is 0 Å². The Labute approximate surface area is 93.5 Å². The third kappa shape index (κ3) is 17.9. The minimum absolute atomic E-state index is 1.01. The van der Waals surface area contributed by atoms with Crippen LogP contribution in [0.1, 0.15) is 87.0 Å². The van der Waals surface area contributed by atoms with E-state index in [0.29, 0.717) is 0 Å². The van der Waals surface area contributed by atoms with E-state index in [1.807, 2.05) is 27.7 Å². The molecule has 0 spiro atoms. The Morgan fingerprint density at radius 1 is 0.714 bits per heavy atom. The second-order valence-corrected chi connectivity index (χ2v) is 3.18. The minimum atomic E-state index is 1.01. The largest absolute Gasteiger partial charge is 0.0683 e. The van der Waals surface area contributed by atoms with Crippen molar-refractivity contribution in [3.05, 3.63) is 0 Å². The Kier molecular flexibility index (Phi) is 32.3. The molecule has 0 radical (unpaired) electrons. The second-order valence-electron chi connectivity index (χ2n) is 3.18. The highest BCUT2D eigenvalue weighted by atomic mass is 14.1. The molecule has 0 amide bonds. The number of rotatable bonds is 6. The highest BCUT2D eigenvalue weighted by Gasteiger charge is 2.00. The molecule has 0 aromatic heterocycles. The van der Waals surface area contributed by atoms with Crippen LogP contribution in [0.5, 0.6) is 0 Å². The molecular formula is C14H34. The standard InChI is InChI=1S/C10H22.2C2H6/c1-4-7-8-9-10(5-2)6-3;2*1-2/h10H,4-9H2,1-3H3;2*1-2H3. The summed E-state index contributed by atoms with van der Waals surface area (Å²) >= 11 is 0. The van der Waals surface area contributed by atoms with Gasteiger partial charge in [-0.15, -0.1) is 0 Å². The molecule has 0 atom stereocenters. The maximum atomic E-state index is 2.31. The topological polar surface area (TPSA) is 0 Å². The van der Waals surface area contributed by atoms with E-state index in [-0.39, 0.29) is 0 Å².